The maximum Gasteiger partial charge on any atom is 0.343 e. The summed E-state index contributed by atoms with van der Waals surface area (Å²) in [5, 5.41) is 0. The minimum Gasteiger partial charge on any atom is -0.418 e. The summed E-state index contributed by atoms with van der Waals surface area (Å²) < 4.78 is 15.2. The van der Waals surface area contributed by atoms with Gasteiger partial charge in [0.1, 0.15) is 0 Å². The van der Waals surface area contributed by atoms with E-state index < -0.39 is 11.9 Å². The lowest BCUT2D eigenvalue weighted by molar-refractivity contribution is 0.0646. The molecule has 0 fully saturated rings. The van der Waals surface area contributed by atoms with E-state index in [1.807, 2.05) is 24.3 Å². The number of carbonyl (C=O) groups is 2. The average molecular weight is 736 g/mol. The molecule has 0 aliphatic rings. The van der Waals surface area contributed by atoms with Crippen molar-refractivity contribution >= 4 is 87.2 Å². The van der Waals surface area contributed by atoms with Crippen molar-refractivity contribution in [3.8, 4) is 0 Å². The lowest BCUT2D eigenvalue weighted by Gasteiger charge is -2.17. The number of esters is 2. The van der Waals surface area contributed by atoms with E-state index in [1.54, 1.807) is 72.8 Å². The second-order valence-electron chi connectivity index (χ2n) is 7.46. The van der Waals surface area contributed by atoms with Crippen molar-refractivity contribution < 1.29 is 19.1 Å². The lowest BCUT2D eigenvalue weighted by Crippen LogP contribution is -2.11. The van der Waals surface area contributed by atoms with E-state index in [2.05, 4.69) is 63.7 Å². The monoisotopic (exact) mass is 732 g/mol. The zero-order valence-corrected chi connectivity index (χ0v) is 24.7. The smallest absolute Gasteiger partial charge is 0.343 e. The third-order valence-corrected chi connectivity index (χ3v) is 7.08. The second-order valence-corrected chi connectivity index (χ2v) is 11.1. The summed E-state index contributed by atoms with van der Waals surface area (Å²) in [4.78, 5) is 26.3. The molecule has 4 aromatic rings. The van der Waals surface area contributed by atoms with Crippen molar-refractivity contribution in [2.45, 2.75) is 0 Å². The largest absolute Gasteiger partial charge is 0.418 e. The van der Waals surface area contributed by atoms with Crippen molar-refractivity contribution in [3.63, 3.8) is 0 Å². The van der Waals surface area contributed by atoms with Crippen LogP contribution < -0.4 is 0 Å². The highest BCUT2D eigenvalue weighted by molar-refractivity contribution is 9.11. The molecule has 0 saturated carbocycles. The number of hydrogen-bond donors (Lipinski definition) is 0. The summed E-state index contributed by atoms with van der Waals surface area (Å²) >= 11 is 13.6. The van der Waals surface area contributed by atoms with Crippen molar-refractivity contribution in [3.05, 3.63) is 137 Å². The van der Waals surface area contributed by atoms with Gasteiger partial charge < -0.3 is 9.47 Å². The van der Waals surface area contributed by atoms with Crippen molar-refractivity contribution in [1.29, 1.82) is 0 Å². The summed E-state index contributed by atoms with van der Waals surface area (Å²) in [5.41, 5.74) is 1.82. The highest BCUT2D eigenvalue weighted by Crippen LogP contribution is 2.32. The van der Waals surface area contributed by atoms with Gasteiger partial charge >= 0.3 is 11.9 Å². The number of hydrogen-bond acceptors (Lipinski definition) is 4. The van der Waals surface area contributed by atoms with Crippen LogP contribution in [0.15, 0.2) is 115 Å². The van der Waals surface area contributed by atoms with E-state index in [-0.39, 0.29) is 11.5 Å². The normalized spacial score (nSPS) is 11.4. The van der Waals surface area contributed by atoms with Crippen LogP contribution in [-0.4, -0.2) is 11.9 Å². The van der Waals surface area contributed by atoms with Gasteiger partial charge in [-0.05, 0) is 97.1 Å². The Morgan fingerprint density at radius 1 is 0.389 bits per heavy atom. The first-order valence-electron chi connectivity index (χ1n) is 10.5. The predicted molar refractivity (Wildman–Crippen MR) is 154 cm³/mol. The number of halogens is 4. The Morgan fingerprint density at radius 2 is 0.611 bits per heavy atom. The molecule has 0 radical (unpaired) electrons. The molecule has 0 heterocycles. The molecule has 0 N–H and O–H groups in total. The van der Waals surface area contributed by atoms with Gasteiger partial charge in [-0.15, -0.1) is 0 Å². The molecule has 0 atom stereocenters. The van der Waals surface area contributed by atoms with Crippen molar-refractivity contribution in [1.82, 2.24) is 0 Å². The Labute approximate surface area is 241 Å². The molecule has 0 aliphatic heterocycles. The SMILES string of the molecule is O=C(O/C(=C(\OC(=O)c1ccc(Br)cc1)c1ccc(Br)cc1)c1ccc(Br)cc1)c1ccc(Br)cc1. The third-order valence-electron chi connectivity index (χ3n) is 4.97. The first-order valence-corrected chi connectivity index (χ1v) is 13.7. The summed E-state index contributed by atoms with van der Waals surface area (Å²) in [5.74, 6) is -0.948. The van der Waals surface area contributed by atoms with E-state index in [0.29, 0.717) is 22.3 Å². The molecule has 0 bridgehead atoms. The van der Waals surface area contributed by atoms with Gasteiger partial charge in [-0.2, -0.15) is 0 Å². The molecule has 4 nitrogen and oxygen atoms in total. The minimum atomic E-state index is -0.588. The quantitative estimate of drug-likeness (QED) is 0.113. The van der Waals surface area contributed by atoms with Crippen molar-refractivity contribution in [2.24, 2.45) is 0 Å². The number of benzene rings is 4. The summed E-state index contributed by atoms with van der Waals surface area (Å²) in [7, 11) is 0. The number of carbonyl (C=O) groups excluding carboxylic acids is 2. The summed E-state index contributed by atoms with van der Waals surface area (Å²) in [6.07, 6.45) is 0. The molecule has 0 saturated heterocycles. The molecule has 0 aliphatic carbocycles. The van der Waals surface area contributed by atoms with E-state index in [9.17, 15) is 9.59 Å². The van der Waals surface area contributed by atoms with E-state index in [0.717, 1.165) is 17.9 Å². The number of rotatable bonds is 6. The summed E-state index contributed by atoms with van der Waals surface area (Å²) in [6, 6.07) is 28.0. The van der Waals surface area contributed by atoms with Crippen LogP contribution in [0.2, 0.25) is 0 Å². The minimum absolute atomic E-state index is 0.114. The van der Waals surface area contributed by atoms with E-state index in [1.165, 1.54) is 0 Å². The molecule has 0 aromatic heterocycles. The van der Waals surface area contributed by atoms with Crippen LogP contribution in [0.4, 0.5) is 0 Å². The van der Waals surface area contributed by atoms with Crippen LogP contribution in [0.3, 0.4) is 0 Å². The summed E-state index contributed by atoms with van der Waals surface area (Å²) in [6.45, 7) is 0. The average Bonchev–Trinajstić information content (AvgIpc) is 2.88. The fraction of sp³-hybridized carbons (Fsp3) is 0. The Bertz CT molecular complexity index is 1300. The number of ether oxygens (including phenoxy) is 2. The molecule has 0 amide bonds. The Kier molecular flexibility index (Phi) is 8.95. The molecule has 8 heteroatoms. The second kappa shape index (κ2) is 12.1. The highest BCUT2D eigenvalue weighted by atomic mass is 79.9. The molecular weight excluding hydrogens is 720 g/mol. The molecule has 4 rings (SSSR count). The molecule has 0 spiro atoms. The third kappa shape index (κ3) is 6.82. The Balaban J connectivity index is 1.85. The van der Waals surface area contributed by atoms with Crippen molar-refractivity contribution in [2.75, 3.05) is 0 Å². The van der Waals surface area contributed by atoms with Crippen LogP contribution in [0.5, 0.6) is 0 Å². The fourth-order valence-electron chi connectivity index (χ4n) is 3.15. The van der Waals surface area contributed by atoms with Crippen LogP contribution in [0, 0.1) is 0 Å². The van der Waals surface area contributed by atoms with Crippen LogP contribution in [0.1, 0.15) is 31.8 Å². The van der Waals surface area contributed by atoms with Gasteiger partial charge in [0.05, 0.1) is 11.1 Å². The van der Waals surface area contributed by atoms with Gasteiger partial charge in [-0.3, -0.25) is 0 Å². The Hall–Kier alpha value is -2.52. The maximum atomic E-state index is 13.2. The molecule has 180 valence electrons. The first-order chi connectivity index (χ1) is 17.3. The van der Waals surface area contributed by atoms with E-state index in [4.69, 9.17) is 9.47 Å². The van der Waals surface area contributed by atoms with Gasteiger partial charge in [0.2, 0.25) is 0 Å². The topological polar surface area (TPSA) is 52.6 Å². The first kappa shape index (κ1) is 26.5. The van der Waals surface area contributed by atoms with Gasteiger partial charge in [0, 0.05) is 29.0 Å². The van der Waals surface area contributed by atoms with Gasteiger partial charge in [-0.25, -0.2) is 9.59 Å². The molecule has 36 heavy (non-hydrogen) atoms. The maximum absolute atomic E-state index is 13.2. The van der Waals surface area contributed by atoms with Crippen LogP contribution in [0.25, 0.3) is 11.5 Å². The standard InChI is InChI=1S/C28H16Br4O4/c29-21-9-1-17(2-10-21)25(35-27(33)19-5-13-23(31)14-6-19)26(18-3-11-22(30)12-4-18)36-28(34)20-7-15-24(32)16-8-20/h1-16H/b26-25-. The van der Waals surface area contributed by atoms with Gasteiger partial charge in [0.15, 0.2) is 11.5 Å². The van der Waals surface area contributed by atoms with Gasteiger partial charge in [-0.1, -0.05) is 63.7 Å². The molecule has 4 aromatic carbocycles. The lowest BCUT2D eigenvalue weighted by atomic mass is 10.1. The molecule has 0 unspecified atom stereocenters. The molecular formula is C28H16Br4O4. The zero-order valence-electron chi connectivity index (χ0n) is 18.4. The highest BCUT2D eigenvalue weighted by Gasteiger charge is 2.23. The fourth-order valence-corrected chi connectivity index (χ4v) is 4.21. The Morgan fingerprint density at radius 3 is 0.861 bits per heavy atom. The van der Waals surface area contributed by atoms with E-state index >= 15 is 0 Å². The van der Waals surface area contributed by atoms with Gasteiger partial charge in [0.25, 0.3) is 0 Å². The predicted octanol–water partition coefficient (Wildman–Crippen LogP) is 9.28. The van der Waals surface area contributed by atoms with Crippen LogP contribution in [-0.2, 0) is 9.47 Å². The zero-order chi connectivity index (χ0) is 25.7. The van der Waals surface area contributed by atoms with Crippen LogP contribution >= 0.6 is 63.7 Å².